The van der Waals surface area contributed by atoms with Gasteiger partial charge in [0.25, 0.3) is 5.91 Å². The summed E-state index contributed by atoms with van der Waals surface area (Å²) in [5.74, 6) is 0.235. The number of hydrogen-bond acceptors (Lipinski definition) is 4. The van der Waals surface area contributed by atoms with Crippen LogP contribution in [0.5, 0.6) is 0 Å². The van der Waals surface area contributed by atoms with Crippen LogP contribution in [-0.4, -0.2) is 26.5 Å². The average Bonchev–Trinajstić information content (AvgIpc) is 3.44. The number of carbonyl (C=O) groups is 2. The highest BCUT2D eigenvalue weighted by Gasteiger charge is 2.26. The minimum absolute atomic E-state index is 0.186. The van der Waals surface area contributed by atoms with Crippen LogP contribution in [0.25, 0.3) is 0 Å². The molecule has 27 heavy (non-hydrogen) atoms. The summed E-state index contributed by atoms with van der Waals surface area (Å²) in [5, 5.41) is 10.9. The van der Waals surface area contributed by atoms with E-state index in [4.69, 9.17) is 0 Å². The molecule has 136 valence electrons. The number of benzene rings is 2. The molecule has 0 aliphatic heterocycles. The van der Waals surface area contributed by atoms with Crippen LogP contribution in [0.15, 0.2) is 59.3 Å². The first-order chi connectivity index (χ1) is 13.1. The van der Waals surface area contributed by atoms with Crippen LogP contribution < -0.4 is 5.32 Å². The van der Waals surface area contributed by atoms with Crippen molar-refractivity contribution in [2.24, 2.45) is 0 Å². The number of carbonyl (C=O) groups excluding carboxylic acids is 2. The van der Waals surface area contributed by atoms with Crippen molar-refractivity contribution in [1.29, 1.82) is 0 Å². The fraction of sp³-hybridized carbons (Fsp3) is 0.200. The lowest BCUT2D eigenvalue weighted by molar-refractivity contribution is 0.0938. The molecule has 1 aliphatic carbocycles. The second-order valence-corrected chi connectivity index (χ2v) is 7.37. The van der Waals surface area contributed by atoms with Crippen LogP contribution in [0.4, 0.5) is 0 Å². The lowest BCUT2D eigenvalue weighted by atomic mass is 9.98. The highest BCUT2D eigenvalue weighted by molar-refractivity contribution is 9.10. The van der Waals surface area contributed by atoms with Gasteiger partial charge < -0.3 is 9.88 Å². The smallest absolute Gasteiger partial charge is 0.252 e. The molecule has 4 rings (SSSR count). The first-order valence-electron chi connectivity index (χ1n) is 8.69. The number of ketones is 1. The van der Waals surface area contributed by atoms with Crippen LogP contribution in [0.1, 0.15) is 51.0 Å². The van der Waals surface area contributed by atoms with E-state index in [0.717, 1.165) is 23.1 Å². The van der Waals surface area contributed by atoms with E-state index >= 15 is 0 Å². The van der Waals surface area contributed by atoms with Crippen LogP contribution in [0.3, 0.4) is 0 Å². The first kappa shape index (κ1) is 17.6. The summed E-state index contributed by atoms with van der Waals surface area (Å²) in [4.78, 5) is 25.6. The van der Waals surface area contributed by atoms with Crippen LogP contribution in [0, 0.1) is 0 Å². The van der Waals surface area contributed by atoms with E-state index in [1.807, 2.05) is 4.57 Å². The van der Waals surface area contributed by atoms with E-state index in [-0.39, 0.29) is 18.2 Å². The molecule has 0 radical (unpaired) electrons. The number of nitrogens with zero attached hydrogens (tertiary/aromatic N) is 3. The van der Waals surface area contributed by atoms with Gasteiger partial charge in [0.1, 0.15) is 6.33 Å². The van der Waals surface area contributed by atoms with Crippen LogP contribution >= 0.6 is 15.9 Å². The Labute approximate surface area is 164 Å². The van der Waals surface area contributed by atoms with Crippen molar-refractivity contribution in [3.8, 4) is 0 Å². The van der Waals surface area contributed by atoms with Gasteiger partial charge in [-0.3, -0.25) is 9.59 Å². The summed E-state index contributed by atoms with van der Waals surface area (Å²) in [6.07, 6.45) is 3.93. The minimum atomic E-state index is -0.304. The van der Waals surface area contributed by atoms with Crippen LogP contribution in [-0.2, 0) is 6.54 Å². The number of aromatic nitrogens is 3. The molecule has 1 saturated carbocycles. The molecule has 1 aromatic heterocycles. The summed E-state index contributed by atoms with van der Waals surface area (Å²) in [5.41, 5.74) is 1.26. The largest absolute Gasteiger partial charge is 0.345 e. The maximum Gasteiger partial charge on any atom is 0.252 e. The molecule has 7 heteroatoms. The van der Waals surface area contributed by atoms with Gasteiger partial charge in [-0.1, -0.05) is 34.1 Å². The summed E-state index contributed by atoms with van der Waals surface area (Å²) in [7, 11) is 0. The molecule has 1 heterocycles. The molecule has 0 atom stereocenters. The van der Waals surface area contributed by atoms with Gasteiger partial charge in [0.2, 0.25) is 0 Å². The Morgan fingerprint density at radius 1 is 1.07 bits per heavy atom. The van der Waals surface area contributed by atoms with Gasteiger partial charge >= 0.3 is 0 Å². The van der Waals surface area contributed by atoms with E-state index < -0.39 is 0 Å². The molecule has 0 spiro atoms. The van der Waals surface area contributed by atoms with Crippen molar-refractivity contribution >= 4 is 27.6 Å². The molecule has 1 aliphatic rings. The van der Waals surface area contributed by atoms with Gasteiger partial charge in [0.05, 0.1) is 12.1 Å². The van der Waals surface area contributed by atoms with E-state index in [1.54, 1.807) is 54.9 Å². The molecule has 0 saturated heterocycles. The number of rotatable bonds is 6. The number of nitrogens with one attached hydrogen (secondary N) is 1. The zero-order chi connectivity index (χ0) is 18.8. The van der Waals surface area contributed by atoms with E-state index in [9.17, 15) is 9.59 Å². The Kier molecular flexibility index (Phi) is 4.85. The van der Waals surface area contributed by atoms with Gasteiger partial charge in [-0.2, -0.15) is 0 Å². The lowest BCUT2D eigenvalue weighted by Crippen LogP contribution is -2.26. The number of halogens is 1. The van der Waals surface area contributed by atoms with Crippen molar-refractivity contribution in [2.45, 2.75) is 25.4 Å². The topological polar surface area (TPSA) is 76.9 Å². The van der Waals surface area contributed by atoms with E-state index in [1.165, 1.54) is 0 Å². The molecule has 1 fully saturated rings. The molecule has 0 unspecified atom stereocenters. The van der Waals surface area contributed by atoms with Crippen molar-refractivity contribution < 1.29 is 9.59 Å². The third-order valence-corrected chi connectivity index (χ3v) is 5.05. The maximum atomic E-state index is 12.8. The fourth-order valence-electron chi connectivity index (χ4n) is 2.94. The molecule has 1 amide bonds. The highest BCUT2D eigenvalue weighted by atomic mass is 79.9. The standard InChI is InChI=1S/C20H17BrN4O2/c21-14-7-5-13(6-8-14)19(26)16-3-1-2-4-17(16)20(27)22-11-18-24-23-12-25(18)15-9-10-15/h1-8,12,15H,9-11H2,(H,22,27). The van der Waals surface area contributed by atoms with Gasteiger partial charge in [-0.05, 0) is 43.2 Å². The second-order valence-electron chi connectivity index (χ2n) is 6.45. The predicted octanol–water partition coefficient (Wildman–Crippen LogP) is 3.54. The molecular weight excluding hydrogens is 408 g/mol. The predicted molar refractivity (Wildman–Crippen MR) is 103 cm³/mol. The zero-order valence-electron chi connectivity index (χ0n) is 14.4. The van der Waals surface area contributed by atoms with Gasteiger partial charge in [0.15, 0.2) is 11.6 Å². The first-order valence-corrected chi connectivity index (χ1v) is 9.48. The normalized spacial score (nSPS) is 13.4. The summed E-state index contributed by atoms with van der Waals surface area (Å²) in [6, 6.07) is 14.4. The SMILES string of the molecule is O=C(NCc1nncn1C1CC1)c1ccccc1C(=O)c1ccc(Br)cc1. The lowest BCUT2D eigenvalue weighted by Gasteiger charge is -2.10. The Morgan fingerprint density at radius 2 is 1.78 bits per heavy atom. The molecule has 1 N–H and O–H groups in total. The Bertz CT molecular complexity index is 993. The highest BCUT2D eigenvalue weighted by Crippen LogP contribution is 2.35. The Hall–Kier alpha value is -2.80. The Balaban J connectivity index is 1.53. The number of hydrogen-bond donors (Lipinski definition) is 1. The van der Waals surface area contributed by atoms with Crippen LogP contribution in [0.2, 0.25) is 0 Å². The summed E-state index contributed by atoms with van der Waals surface area (Å²) >= 11 is 3.36. The zero-order valence-corrected chi connectivity index (χ0v) is 16.0. The molecule has 2 aromatic carbocycles. The summed E-state index contributed by atoms with van der Waals surface area (Å²) < 4.78 is 2.89. The molecule has 3 aromatic rings. The second kappa shape index (κ2) is 7.44. The van der Waals surface area contributed by atoms with Crippen molar-refractivity contribution in [2.75, 3.05) is 0 Å². The summed E-state index contributed by atoms with van der Waals surface area (Å²) in [6.45, 7) is 0.274. The minimum Gasteiger partial charge on any atom is -0.345 e. The van der Waals surface area contributed by atoms with Gasteiger partial charge in [-0.25, -0.2) is 0 Å². The average molecular weight is 425 g/mol. The fourth-order valence-corrected chi connectivity index (χ4v) is 3.21. The van der Waals surface area contributed by atoms with Gasteiger partial charge in [-0.15, -0.1) is 10.2 Å². The number of amides is 1. The molecule has 6 nitrogen and oxygen atoms in total. The van der Waals surface area contributed by atoms with Gasteiger partial charge in [0, 0.05) is 21.6 Å². The van der Waals surface area contributed by atoms with Crippen molar-refractivity contribution in [3.05, 3.63) is 81.8 Å². The molecule has 0 bridgehead atoms. The monoisotopic (exact) mass is 424 g/mol. The third-order valence-electron chi connectivity index (χ3n) is 4.52. The Morgan fingerprint density at radius 3 is 2.48 bits per heavy atom. The maximum absolute atomic E-state index is 12.8. The van der Waals surface area contributed by atoms with Crippen molar-refractivity contribution in [3.63, 3.8) is 0 Å². The van der Waals surface area contributed by atoms with Crippen molar-refractivity contribution in [1.82, 2.24) is 20.1 Å². The van der Waals surface area contributed by atoms with E-state index in [2.05, 4.69) is 31.4 Å². The quantitative estimate of drug-likeness (QED) is 0.613. The molecular formula is C20H17BrN4O2. The van der Waals surface area contributed by atoms with E-state index in [0.29, 0.717) is 22.7 Å². The third kappa shape index (κ3) is 3.83.